The second-order valence-electron chi connectivity index (χ2n) is 7.73. The van der Waals surface area contributed by atoms with Crippen molar-refractivity contribution in [2.45, 2.75) is 37.9 Å². The minimum atomic E-state index is -4.38. The quantitative estimate of drug-likeness (QED) is 0.753. The Morgan fingerprint density at radius 1 is 1.10 bits per heavy atom. The van der Waals surface area contributed by atoms with Gasteiger partial charge in [0, 0.05) is 18.7 Å². The van der Waals surface area contributed by atoms with Crippen LogP contribution in [0.2, 0.25) is 0 Å². The number of hydrogen-bond acceptors (Lipinski definition) is 3. The van der Waals surface area contributed by atoms with E-state index in [4.69, 9.17) is 0 Å². The molecule has 1 atom stereocenters. The molecule has 2 heterocycles. The fraction of sp³-hybridized carbons (Fsp3) is 0.600. The Kier molecular flexibility index (Phi) is 6.77. The first-order valence-corrected chi connectivity index (χ1v) is 9.86. The maximum absolute atomic E-state index is 13.2. The third-order valence-corrected chi connectivity index (χ3v) is 5.66. The van der Waals surface area contributed by atoms with Gasteiger partial charge in [-0.3, -0.25) is 14.5 Å². The maximum Gasteiger partial charge on any atom is 0.408 e. The number of piperidine rings is 1. The summed E-state index contributed by atoms with van der Waals surface area (Å²) in [6.07, 6.45) is -2.55. The number of carbonyl (C=O) groups excluding carboxylic acids is 2. The Morgan fingerprint density at radius 2 is 1.83 bits per heavy atom. The largest absolute Gasteiger partial charge is 0.408 e. The topological polar surface area (TPSA) is 52.7 Å². The zero-order valence-corrected chi connectivity index (χ0v) is 16.1. The van der Waals surface area contributed by atoms with Crippen molar-refractivity contribution in [2.75, 3.05) is 32.7 Å². The van der Waals surface area contributed by atoms with Gasteiger partial charge in [0.1, 0.15) is 11.9 Å². The van der Waals surface area contributed by atoms with Crippen molar-refractivity contribution in [1.29, 1.82) is 0 Å². The van der Waals surface area contributed by atoms with Crippen LogP contribution < -0.4 is 5.32 Å². The predicted molar refractivity (Wildman–Crippen MR) is 98.7 cm³/mol. The summed E-state index contributed by atoms with van der Waals surface area (Å²) in [7, 11) is 0. The molecule has 2 aliphatic rings. The van der Waals surface area contributed by atoms with Crippen LogP contribution in [0.5, 0.6) is 0 Å². The van der Waals surface area contributed by atoms with Crippen LogP contribution in [-0.4, -0.2) is 66.6 Å². The van der Waals surface area contributed by atoms with E-state index in [9.17, 15) is 27.2 Å². The lowest BCUT2D eigenvalue weighted by Gasteiger charge is -2.34. The number of alkyl halides is 3. The average molecular weight is 415 g/mol. The van der Waals surface area contributed by atoms with Gasteiger partial charge in [-0.1, -0.05) is 6.07 Å². The van der Waals surface area contributed by atoms with Crippen LogP contribution in [0.15, 0.2) is 24.3 Å². The average Bonchev–Trinajstić information content (AvgIpc) is 3.18. The Labute approximate surface area is 167 Å². The SMILES string of the molecule is O=C(NCC1CCN(CC(=O)N2CCCC2C(F)(F)F)CC1)c1cccc(F)c1. The molecule has 0 aromatic heterocycles. The van der Waals surface area contributed by atoms with Gasteiger partial charge in [0.25, 0.3) is 5.91 Å². The molecule has 0 saturated carbocycles. The molecule has 0 aliphatic carbocycles. The van der Waals surface area contributed by atoms with Crippen molar-refractivity contribution in [1.82, 2.24) is 15.1 Å². The summed E-state index contributed by atoms with van der Waals surface area (Å²) in [5.74, 6) is -1.06. The van der Waals surface area contributed by atoms with Crippen molar-refractivity contribution in [3.05, 3.63) is 35.6 Å². The first kappa shape index (κ1) is 21.5. The van der Waals surface area contributed by atoms with Gasteiger partial charge in [0.2, 0.25) is 5.91 Å². The Bertz CT molecular complexity index is 733. The molecule has 9 heteroatoms. The zero-order valence-electron chi connectivity index (χ0n) is 16.1. The minimum absolute atomic E-state index is 0.00501. The molecule has 160 valence electrons. The molecule has 2 fully saturated rings. The molecular weight excluding hydrogens is 390 g/mol. The van der Waals surface area contributed by atoms with Gasteiger partial charge < -0.3 is 10.2 Å². The molecule has 0 bridgehead atoms. The number of hydrogen-bond donors (Lipinski definition) is 1. The van der Waals surface area contributed by atoms with E-state index in [2.05, 4.69) is 5.32 Å². The molecule has 0 spiro atoms. The van der Waals surface area contributed by atoms with Crippen LogP contribution in [0.4, 0.5) is 17.6 Å². The number of rotatable bonds is 5. The van der Waals surface area contributed by atoms with Crippen molar-refractivity contribution in [2.24, 2.45) is 5.92 Å². The second kappa shape index (κ2) is 9.11. The summed E-state index contributed by atoms with van der Waals surface area (Å²) >= 11 is 0. The van der Waals surface area contributed by atoms with Gasteiger partial charge in [-0.2, -0.15) is 13.2 Å². The highest BCUT2D eigenvalue weighted by Gasteiger charge is 2.47. The number of amides is 2. The molecule has 2 amide bonds. The molecule has 1 aromatic carbocycles. The van der Waals surface area contributed by atoms with Crippen LogP contribution in [0, 0.1) is 11.7 Å². The molecular formula is C20H25F4N3O2. The molecule has 2 saturated heterocycles. The van der Waals surface area contributed by atoms with Crippen molar-refractivity contribution < 1.29 is 27.2 Å². The second-order valence-corrected chi connectivity index (χ2v) is 7.73. The Morgan fingerprint density at radius 3 is 2.48 bits per heavy atom. The zero-order chi connectivity index (χ0) is 21.0. The minimum Gasteiger partial charge on any atom is -0.352 e. The molecule has 3 rings (SSSR count). The van der Waals surface area contributed by atoms with Gasteiger partial charge in [-0.05, 0) is 62.9 Å². The van der Waals surface area contributed by atoms with E-state index in [1.54, 1.807) is 6.07 Å². The number of nitrogens with one attached hydrogen (secondary N) is 1. The maximum atomic E-state index is 13.2. The fourth-order valence-corrected chi connectivity index (χ4v) is 4.01. The highest BCUT2D eigenvalue weighted by Crippen LogP contribution is 2.32. The number of halogens is 4. The van der Waals surface area contributed by atoms with Crippen LogP contribution in [0.3, 0.4) is 0 Å². The smallest absolute Gasteiger partial charge is 0.352 e. The molecule has 2 aliphatic heterocycles. The summed E-state index contributed by atoms with van der Waals surface area (Å²) in [4.78, 5) is 27.3. The van der Waals surface area contributed by atoms with Gasteiger partial charge in [-0.25, -0.2) is 4.39 Å². The normalized spacial score (nSPS) is 21.4. The van der Waals surface area contributed by atoms with Gasteiger partial charge >= 0.3 is 6.18 Å². The predicted octanol–water partition coefficient (Wildman–Crippen LogP) is 2.82. The summed E-state index contributed by atoms with van der Waals surface area (Å²) in [6, 6.07) is 3.80. The lowest BCUT2D eigenvalue weighted by atomic mass is 9.96. The molecule has 1 N–H and O–H groups in total. The summed E-state index contributed by atoms with van der Waals surface area (Å²) in [5, 5.41) is 2.79. The lowest BCUT2D eigenvalue weighted by Crippen LogP contribution is -2.49. The number of likely N-dealkylation sites (tertiary alicyclic amines) is 2. The first-order valence-electron chi connectivity index (χ1n) is 9.86. The van der Waals surface area contributed by atoms with Crippen molar-refractivity contribution >= 4 is 11.8 Å². The van der Waals surface area contributed by atoms with E-state index < -0.39 is 23.9 Å². The molecule has 1 unspecified atom stereocenters. The summed E-state index contributed by atoms with van der Waals surface area (Å²) < 4.78 is 52.3. The number of benzene rings is 1. The molecule has 1 aromatic rings. The van der Waals surface area contributed by atoms with E-state index in [0.717, 1.165) is 17.7 Å². The molecule has 0 radical (unpaired) electrons. The third kappa shape index (κ3) is 5.68. The molecule has 29 heavy (non-hydrogen) atoms. The van der Waals surface area contributed by atoms with Gasteiger partial charge in [-0.15, -0.1) is 0 Å². The first-order chi connectivity index (χ1) is 13.7. The van der Waals surface area contributed by atoms with Crippen LogP contribution in [-0.2, 0) is 4.79 Å². The summed E-state index contributed by atoms with van der Waals surface area (Å²) in [6.45, 7) is 1.79. The van der Waals surface area contributed by atoms with Gasteiger partial charge in [0.15, 0.2) is 0 Å². The fourth-order valence-electron chi connectivity index (χ4n) is 4.01. The van der Waals surface area contributed by atoms with E-state index >= 15 is 0 Å². The van der Waals surface area contributed by atoms with E-state index in [-0.39, 0.29) is 36.9 Å². The van der Waals surface area contributed by atoms with Crippen LogP contribution in [0.25, 0.3) is 0 Å². The van der Waals surface area contributed by atoms with E-state index in [0.29, 0.717) is 26.1 Å². The van der Waals surface area contributed by atoms with E-state index in [1.807, 2.05) is 4.90 Å². The van der Waals surface area contributed by atoms with Crippen molar-refractivity contribution in [3.63, 3.8) is 0 Å². The van der Waals surface area contributed by atoms with Gasteiger partial charge in [0.05, 0.1) is 6.54 Å². The Balaban J connectivity index is 1.41. The van der Waals surface area contributed by atoms with Crippen LogP contribution >= 0.6 is 0 Å². The number of carbonyl (C=O) groups is 2. The highest BCUT2D eigenvalue weighted by molar-refractivity contribution is 5.94. The van der Waals surface area contributed by atoms with Crippen molar-refractivity contribution in [3.8, 4) is 0 Å². The highest BCUT2D eigenvalue weighted by atomic mass is 19.4. The lowest BCUT2D eigenvalue weighted by molar-refractivity contribution is -0.183. The summed E-state index contributed by atoms with van der Waals surface area (Å²) in [5.41, 5.74) is 0.262. The number of nitrogens with zero attached hydrogens (tertiary/aromatic N) is 2. The third-order valence-electron chi connectivity index (χ3n) is 5.66. The monoisotopic (exact) mass is 415 g/mol. The van der Waals surface area contributed by atoms with Crippen LogP contribution in [0.1, 0.15) is 36.0 Å². The standard InChI is InChI=1S/C20H25F4N3O2/c21-16-4-1-3-15(11-16)19(29)25-12-14-6-9-26(10-7-14)13-18(28)27-8-2-5-17(27)20(22,23)24/h1,3-4,11,14,17H,2,5-10,12-13H2,(H,25,29). The van der Waals surface area contributed by atoms with E-state index in [1.165, 1.54) is 18.2 Å². The Hall–Kier alpha value is -2.16. The molecule has 5 nitrogen and oxygen atoms in total.